The van der Waals surface area contributed by atoms with Crippen LogP contribution in [-0.2, 0) is 0 Å². The lowest BCUT2D eigenvalue weighted by atomic mass is 10.0. The number of fused-ring (bicyclic) bond motifs is 10. The smallest absolute Gasteiger partial charge is 0.227 e. The molecule has 0 bridgehead atoms. The highest BCUT2D eigenvalue weighted by atomic mass is 16.4. The van der Waals surface area contributed by atoms with E-state index < -0.39 is 0 Å². The zero-order valence-electron chi connectivity index (χ0n) is 21.8. The summed E-state index contributed by atoms with van der Waals surface area (Å²) in [5.41, 5.74) is 7.19. The van der Waals surface area contributed by atoms with Crippen LogP contribution in [0.1, 0.15) is 39.5 Å². The van der Waals surface area contributed by atoms with Gasteiger partial charge in [0.25, 0.3) is 0 Å². The molecule has 7 aromatic rings. The molecule has 6 heteroatoms. The molecule has 0 amide bonds. The van der Waals surface area contributed by atoms with Gasteiger partial charge in [-0.05, 0) is 43.2 Å². The van der Waals surface area contributed by atoms with Gasteiger partial charge >= 0.3 is 0 Å². The summed E-state index contributed by atoms with van der Waals surface area (Å²) in [7, 11) is 0. The predicted octanol–water partition coefficient (Wildman–Crippen LogP) is 8.83. The minimum Gasteiger partial charge on any atom is -0.454 e. The first kappa shape index (κ1) is 22.8. The standard InChI is InChI=1S/C32H30N4O2/c1-3-5-17-36(18-6-4-2)21-11-12-23-25(19-21)37-30-27(23)26-22-9-7-8-10-24(22)34-28(26)31-29(30)35-32(38-31)20-13-15-33-16-14-20/h7-16,19,34H,3-6,17-18H2,1-2H3. The highest BCUT2D eigenvalue weighted by Crippen LogP contribution is 2.45. The van der Waals surface area contributed by atoms with Gasteiger partial charge in [-0.15, -0.1) is 0 Å². The van der Waals surface area contributed by atoms with Crippen molar-refractivity contribution in [3.8, 4) is 11.5 Å². The molecule has 4 heterocycles. The normalized spacial score (nSPS) is 12.1. The van der Waals surface area contributed by atoms with Gasteiger partial charge in [-0.2, -0.15) is 0 Å². The lowest BCUT2D eigenvalue weighted by Crippen LogP contribution is -2.25. The maximum absolute atomic E-state index is 6.67. The highest BCUT2D eigenvalue weighted by Gasteiger charge is 2.24. The maximum Gasteiger partial charge on any atom is 0.227 e. The van der Waals surface area contributed by atoms with Gasteiger partial charge in [0.1, 0.15) is 5.58 Å². The van der Waals surface area contributed by atoms with Crippen molar-refractivity contribution in [3.05, 3.63) is 67.0 Å². The van der Waals surface area contributed by atoms with Crippen LogP contribution in [0.15, 0.2) is 75.8 Å². The molecule has 0 aliphatic carbocycles. The predicted molar refractivity (Wildman–Crippen MR) is 156 cm³/mol. The number of aromatic nitrogens is 3. The number of pyridine rings is 1. The first-order valence-corrected chi connectivity index (χ1v) is 13.6. The van der Waals surface area contributed by atoms with Crippen molar-refractivity contribution in [1.82, 2.24) is 15.0 Å². The van der Waals surface area contributed by atoms with Gasteiger partial charge in [-0.1, -0.05) is 44.9 Å². The molecule has 3 aromatic carbocycles. The van der Waals surface area contributed by atoms with Crippen LogP contribution in [0.5, 0.6) is 0 Å². The highest BCUT2D eigenvalue weighted by molar-refractivity contribution is 6.34. The van der Waals surface area contributed by atoms with Crippen molar-refractivity contribution in [3.63, 3.8) is 0 Å². The third kappa shape index (κ3) is 3.55. The average molecular weight is 503 g/mol. The van der Waals surface area contributed by atoms with E-state index in [0.717, 1.165) is 67.9 Å². The molecule has 7 rings (SSSR count). The van der Waals surface area contributed by atoms with Crippen LogP contribution in [0.3, 0.4) is 0 Å². The Kier molecular flexibility index (Phi) is 5.54. The summed E-state index contributed by atoms with van der Waals surface area (Å²) in [6, 6.07) is 18.9. The third-order valence-electron chi connectivity index (χ3n) is 7.55. The number of H-pyrrole nitrogens is 1. The maximum atomic E-state index is 6.67. The second kappa shape index (κ2) is 9.21. The number of nitrogens with one attached hydrogen (secondary N) is 1. The van der Waals surface area contributed by atoms with Crippen LogP contribution >= 0.6 is 0 Å². The van der Waals surface area contributed by atoms with Crippen molar-refractivity contribution >= 4 is 60.5 Å². The Morgan fingerprint density at radius 1 is 0.816 bits per heavy atom. The van der Waals surface area contributed by atoms with Crippen molar-refractivity contribution in [2.75, 3.05) is 18.0 Å². The number of hydrogen-bond acceptors (Lipinski definition) is 5. The second-order valence-electron chi connectivity index (χ2n) is 10.0. The molecule has 0 spiro atoms. The van der Waals surface area contributed by atoms with Crippen LogP contribution in [-0.4, -0.2) is 28.0 Å². The molecule has 0 saturated heterocycles. The summed E-state index contributed by atoms with van der Waals surface area (Å²) in [4.78, 5) is 15.2. The van der Waals surface area contributed by atoms with E-state index >= 15 is 0 Å². The zero-order chi connectivity index (χ0) is 25.6. The van der Waals surface area contributed by atoms with E-state index in [1.54, 1.807) is 12.4 Å². The van der Waals surface area contributed by atoms with Gasteiger partial charge in [0, 0.05) is 69.9 Å². The number of benzene rings is 3. The Hall–Kier alpha value is -4.32. The number of para-hydroxylation sites is 1. The molecule has 0 unspecified atom stereocenters. The molecule has 0 radical (unpaired) electrons. The number of anilines is 1. The lowest BCUT2D eigenvalue weighted by molar-refractivity contribution is 0.622. The van der Waals surface area contributed by atoms with Crippen LogP contribution in [0, 0.1) is 0 Å². The summed E-state index contributed by atoms with van der Waals surface area (Å²) in [5.74, 6) is 0.557. The quantitative estimate of drug-likeness (QED) is 0.225. The zero-order valence-corrected chi connectivity index (χ0v) is 21.8. The lowest BCUT2D eigenvalue weighted by Gasteiger charge is -2.24. The van der Waals surface area contributed by atoms with E-state index in [1.165, 1.54) is 31.4 Å². The first-order chi connectivity index (χ1) is 18.8. The SMILES string of the molecule is CCCCN(CCCC)c1ccc2c(c1)oc1c3nc(-c4ccncc4)oc3c3[nH]c4ccccc4c3c21. The van der Waals surface area contributed by atoms with E-state index in [1.807, 2.05) is 12.1 Å². The number of rotatable bonds is 8. The molecule has 0 aliphatic rings. The van der Waals surface area contributed by atoms with Crippen molar-refractivity contribution in [2.24, 2.45) is 0 Å². The number of furan rings is 1. The fourth-order valence-corrected chi connectivity index (χ4v) is 5.60. The summed E-state index contributed by atoms with van der Waals surface area (Å²) < 4.78 is 13.1. The van der Waals surface area contributed by atoms with E-state index in [2.05, 4.69) is 71.2 Å². The monoisotopic (exact) mass is 502 g/mol. The van der Waals surface area contributed by atoms with Crippen molar-refractivity contribution < 1.29 is 8.83 Å². The summed E-state index contributed by atoms with van der Waals surface area (Å²) in [6.07, 6.45) is 8.22. The van der Waals surface area contributed by atoms with Gasteiger partial charge in [-0.25, -0.2) is 4.98 Å². The van der Waals surface area contributed by atoms with Gasteiger partial charge in [0.05, 0.1) is 5.52 Å². The Labute approximate surface area is 220 Å². The van der Waals surface area contributed by atoms with Crippen molar-refractivity contribution in [2.45, 2.75) is 39.5 Å². The van der Waals surface area contributed by atoms with Crippen LogP contribution in [0.25, 0.3) is 66.3 Å². The average Bonchev–Trinajstić information content (AvgIpc) is 3.66. The number of nitrogens with zero attached hydrogens (tertiary/aromatic N) is 3. The molecule has 1 N–H and O–H groups in total. The Morgan fingerprint density at radius 2 is 1.61 bits per heavy atom. The van der Waals surface area contributed by atoms with Gasteiger partial charge in [0.15, 0.2) is 16.7 Å². The summed E-state index contributed by atoms with van der Waals surface area (Å²) >= 11 is 0. The molecule has 0 aliphatic heterocycles. The molecule has 0 fully saturated rings. The molecule has 190 valence electrons. The number of unbranched alkanes of at least 4 members (excludes halogenated alkanes) is 2. The van der Waals surface area contributed by atoms with Crippen molar-refractivity contribution in [1.29, 1.82) is 0 Å². The molecule has 0 saturated carbocycles. The number of hydrogen-bond donors (Lipinski definition) is 1. The van der Waals surface area contributed by atoms with Gasteiger partial charge in [-0.3, -0.25) is 4.98 Å². The molecule has 6 nitrogen and oxygen atoms in total. The molecule has 0 atom stereocenters. The summed E-state index contributed by atoms with van der Waals surface area (Å²) in [5, 5.41) is 4.44. The van der Waals surface area contributed by atoms with E-state index in [4.69, 9.17) is 13.8 Å². The fraction of sp³-hybridized carbons (Fsp3) is 0.250. The van der Waals surface area contributed by atoms with Crippen LogP contribution < -0.4 is 4.90 Å². The molecule has 4 aromatic heterocycles. The minimum absolute atomic E-state index is 0.557. The Balaban J connectivity index is 1.53. The number of aromatic amines is 1. The van der Waals surface area contributed by atoms with Crippen LogP contribution in [0.2, 0.25) is 0 Å². The topological polar surface area (TPSA) is 71.1 Å². The fourth-order valence-electron chi connectivity index (χ4n) is 5.60. The molecular formula is C32H30N4O2. The van der Waals surface area contributed by atoms with E-state index in [0.29, 0.717) is 11.5 Å². The first-order valence-electron chi connectivity index (χ1n) is 13.6. The Bertz CT molecular complexity index is 1900. The second-order valence-corrected chi connectivity index (χ2v) is 10.0. The van der Waals surface area contributed by atoms with E-state index in [9.17, 15) is 0 Å². The molecular weight excluding hydrogens is 472 g/mol. The minimum atomic E-state index is 0.557. The largest absolute Gasteiger partial charge is 0.454 e. The van der Waals surface area contributed by atoms with E-state index in [-0.39, 0.29) is 0 Å². The van der Waals surface area contributed by atoms with Gasteiger partial charge in [0.2, 0.25) is 5.89 Å². The molecule has 38 heavy (non-hydrogen) atoms. The summed E-state index contributed by atoms with van der Waals surface area (Å²) in [6.45, 7) is 6.60. The van der Waals surface area contributed by atoms with Gasteiger partial charge < -0.3 is 18.7 Å². The number of oxazole rings is 1. The van der Waals surface area contributed by atoms with Crippen LogP contribution in [0.4, 0.5) is 5.69 Å². The Morgan fingerprint density at radius 3 is 2.39 bits per heavy atom. The third-order valence-corrected chi connectivity index (χ3v) is 7.55.